The van der Waals surface area contributed by atoms with Crippen LogP contribution >= 0.6 is 11.6 Å². The van der Waals surface area contributed by atoms with Crippen molar-refractivity contribution < 1.29 is 22.7 Å². The van der Waals surface area contributed by atoms with Crippen LogP contribution in [0.2, 0.25) is 5.02 Å². The van der Waals surface area contributed by atoms with Gasteiger partial charge in [-0.25, -0.2) is 8.42 Å². The topological polar surface area (TPSA) is 96.0 Å². The van der Waals surface area contributed by atoms with Crippen LogP contribution in [0.3, 0.4) is 0 Å². The molecule has 1 N–H and O–H groups in total. The van der Waals surface area contributed by atoms with E-state index >= 15 is 0 Å². The van der Waals surface area contributed by atoms with Crippen LogP contribution in [0, 0.1) is 0 Å². The van der Waals surface area contributed by atoms with E-state index < -0.39 is 21.6 Å². The number of halogens is 1. The molecule has 1 atom stereocenters. The average Bonchev–Trinajstić information content (AvgIpc) is 2.79. The number of hydrogen-bond donors (Lipinski definition) is 1. The van der Waals surface area contributed by atoms with Crippen LogP contribution < -0.4 is 14.4 Å². The summed E-state index contributed by atoms with van der Waals surface area (Å²) < 4.78 is 31.6. The predicted molar refractivity (Wildman–Crippen MR) is 144 cm³/mol. The molecule has 2 aromatic rings. The van der Waals surface area contributed by atoms with E-state index in [4.69, 9.17) is 16.3 Å². The molecule has 0 radical (unpaired) electrons. The minimum Gasteiger partial charge on any atom is -0.495 e. The molecular weight excluding hydrogens is 502 g/mol. The van der Waals surface area contributed by atoms with Gasteiger partial charge in [0.2, 0.25) is 21.8 Å². The fourth-order valence-corrected chi connectivity index (χ4v) is 4.76. The molecule has 0 saturated carbocycles. The van der Waals surface area contributed by atoms with E-state index in [-0.39, 0.29) is 37.7 Å². The zero-order valence-corrected chi connectivity index (χ0v) is 23.3. The molecular formula is C26H36ClN3O5S. The second kappa shape index (κ2) is 12.5. The van der Waals surface area contributed by atoms with Gasteiger partial charge in [0.15, 0.2) is 0 Å². The maximum absolute atomic E-state index is 13.3. The molecule has 0 aliphatic carbocycles. The number of amides is 2. The Labute approximate surface area is 219 Å². The lowest BCUT2D eigenvalue weighted by atomic mass is 10.1. The number of sulfonamides is 1. The summed E-state index contributed by atoms with van der Waals surface area (Å²) in [4.78, 5) is 27.7. The summed E-state index contributed by atoms with van der Waals surface area (Å²) in [5, 5.41) is 3.50. The van der Waals surface area contributed by atoms with Gasteiger partial charge in [0, 0.05) is 30.1 Å². The first-order valence-electron chi connectivity index (χ1n) is 11.7. The molecule has 0 aliphatic heterocycles. The molecule has 0 saturated heterocycles. The van der Waals surface area contributed by atoms with Crippen molar-refractivity contribution >= 4 is 39.1 Å². The molecule has 2 aromatic carbocycles. The van der Waals surface area contributed by atoms with E-state index in [2.05, 4.69) is 5.32 Å². The van der Waals surface area contributed by atoms with Crippen LogP contribution in [0.25, 0.3) is 0 Å². The number of methoxy groups -OCH3 is 1. The SMILES string of the molecule is COc1ccccc1N(CCCC(=O)N(Cc1ccc(Cl)cc1)C(C)C(=O)NC(C)(C)C)S(C)(=O)=O. The molecule has 36 heavy (non-hydrogen) atoms. The van der Waals surface area contributed by atoms with Gasteiger partial charge in [0.05, 0.1) is 19.1 Å². The van der Waals surface area contributed by atoms with Crippen LogP contribution in [0.15, 0.2) is 48.5 Å². The minimum atomic E-state index is -3.62. The number of carbonyl (C=O) groups is 2. The number of nitrogens with zero attached hydrogens (tertiary/aromatic N) is 2. The van der Waals surface area contributed by atoms with Gasteiger partial charge in [-0.1, -0.05) is 35.9 Å². The van der Waals surface area contributed by atoms with E-state index in [0.29, 0.717) is 16.5 Å². The normalized spacial score (nSPS) is 12.5. The highest BCUT2D eigenvalue weighted by Crippen LogP contribution is 2.29. The molecule has 198 valence electrons. The number of ether oxygens (including phenoxy) is 1. The highest BCUT2D eigenvalue weighted by molar-refractivity contribution is 7.92. The van der Waals surface area contributed by atoms with Crippen LogP contribution in [-0.4, -0.2) is 56.6 Å². The van der Waals surface area contributed by atoms with E-state index in [1.165, 1.54) is 16.3 Å². The Morgan fingerprint density at radius 3 is 2.25 bits per heavy atom. The minimum absolute atomic E-state index is 0.0574. The van der Waals surface area contributed by atoms with Crippen LogP contribution in [0.1, 0.15) is 46.1 Å². The lowest BCUT2D eigenvalue weighted by molar-refractivity contribution is -0.141. The summed E-state index contributed by atoms with van der Waals surface area (Å²) in [6.45, 7) is 7.62. The lowest BCUT2D eigenvalue weighted by Crippen LogP contribution is -2.52. The first kappa shape index (κ1) is 29.5. The van der Waals surface area contributed by atoms with Gasteiger partial charge in [0.25, 0.3) is 0 Å². The maximum Gasteiger partial charge on any atom is 0.242 e. The van der Waals surface area contributed by atoms with Crippen molar-refractivity contribution in [3.63, 3.8) is 0 Å². The maximum atomic E-state index is 13.3. The van der Waals surface area contributed by atoms with Crippen molar-refractivity contribution in [2.45, 2.75) is 58.7 Å². The number of nitrogens with one attached hydrogen (secondary N) is 1. The Kier molecular flexibility index (Phi) is 10.2. The van der Waals surface area contributed by atoms with Crippen LogP contribution in [0.5, 0.6) is 5.75 Å². The molecule has 8 nitrogen and oxygen atoms in total. The molecule has 2 amide bonds. The van der Waals surface area contributed by atoms with Gasteiger partial charge in [-0.15, -0.1) is 0 Å². The summed E-state index contributed by atoms with van der Waals surface area (Å²) in [6.07, 6.45) is 1.43. The van der Waals surface area contributed by atoms with Gasteiger partial charge >= 0.3 is 0 Å². The Morgan fingerprint density at radius 1 is 1.08 bits per heavy atom. The second-order valence-electron chi connectivity index (χ2n) is 9.67. The van der Waals surface area contributed by atoms with E-state index in [9.17, 15) is 18.0 Å². The molecule has 0 bridgehead atoms. The predicted octanol–water partition coefficient (Wildman–Crippen LogP) is 4.23. The molecule has 0 fully saturated rings. The zero-order chi connectivity index (χ0) is 27.1. The first-order chi connectivity index (χ1) is 16.7. The number of benzene rings is 2. The highest BCUT2D eigenvalue weighted by atomic mass is 35.5. The smallest absolute Gasteiger partial charge is 0.242 e. The van der Waals surface area contributed by atoms with E-state index in [1.54, 1.807) is 43.3 Å². The first-order valence-corrected chi connectivity index (χ1v) is 13.9. The Hall–Kier alpha value is -2.78. The Morgan fingerprint density at radius 2 is 1.69 bits per heavy atom. The Bertz CT molecular complexity index is 1150. The molecule has 0 aromatic heterocycles. The van der Waals surface area contributed by atoms with Crippen molar-refractivity contribution in [3.8, 4) is 5.75 Å². The summed E-state index contributed by atoms with van der Waals surface area (Å²) >= 11 is 6.00. The van der Waals surface area contributed by atoms with Crippen molar-refractivity contribution in [3.05, 3.63) is 59.1 Å². The van der Waals surface area contributed by atoms with Gasteiger partial charge < -0.3 is 15.0 Å². The molecule has 10 heteroatoms. The number of anilines is 1. The fraction of sp³-hybridized carbons (Fsp3) is 0.462. The standard InChI is InChI=1S/C26H36ClN3O5S/c1-19(25(32)28-26(2,3)4)29(18-20-13-15-21(27)16-14-20)24(31)12-9-17-30(36(6,33)34)22-10-7-8-11-23(22)35-5/h7-8,10-11,13-16,19H,9,12,17-18H2,1-6H3,(H,28,32). The van der Waals surface area contributed by atoms with Gasteiger partial charge in [-0.3, -0.25) is 13.9 Å². The summed E-state index contributed by atoms with van der Waals surface area (Å²) in [6, 6.07) is 13.2. The molecule has 0 spiro atoms. The van der Waals surface area contributed by atoms with E-state index in [1.807, 2.05) is 32.9 Å². The summed E-state index contributed by atoms with van der Waals surface area (Å²) in [7, 11) is -2.15. The van der Waals surface area contributed by atoms with Crippen LogP contribution in [0.4, 0.5) is 5.69 Å². The third-order valence-corrected chi connectivity index (χ3v) is 6.87. The largest absolute Gasteiger partial charge is 0.495 e. The number of para-hydroxylation sites is 2. The van der Waals surface area contributed by atoms with Gasteiger partial charge in [-0.05, 0) is 63.9 Å². The lowest BCUT2D eigenvalue weighted by Gasteiger charge is -2.32. The monoisotopic (exact) mass is 537 g/mol. The van der Waals surface area contributed by atoms with Crippen molar-refractivity contribution in [2.24, 2.45) is 0 Å². The third-order valence-electron chi connectivity index (χ3n) is 5.44. The van der Waals surface area contributed by atoms with Gasteiger partial charge in [-0.2, -0.15) is 0 Å². The van der Waals surface area contributed by atoms with Crippen LogP contribution in [-0.2, 0) is 26.2 Å². The number of hydrogen-bond acceptors (Lipinski definition) is 5. The molecule has 0 aliphatic rings. The van der Waals surface area contributed by atoms with Gasteiger partial charge in [0.1, 0.15) is 11.8 Å². The fourth-order valence-electron chi connectivity index (χ4n) is 3.66. The molecule has 2 rings (SSSR count). The summed E-state index contributed by atoms with van der Waals surface area (Å²) in [5.41, 5.74) is 0.784. The average molecular weight is 538 g/mol. The second-order valence-corrected chi connectivity index (χ2v) is 12.0. The zero-order valence-electron chi connectivity index (χ0n) is 21.7. The quantitative estimate of drug-likeness (QED) is 0.463. The number of rotatable bonds is 11. The third kappa shape index (κ3) is 8.71. The van der Waals surface area contributed by atoms with E-state index in [0.717, 1.165) is 11.8 Å². The van der Waals surface area contributed by atoms with Crippen molar-refractivity contribution in [1.29, 1.82) is 0 Å². The van der Waals surface area contributed by atoms with Crippen molar-refractivity contribution in [2.75, 3.05) is 24.2 Å². The number of carbonyl (C=O) groups excluding carboxylic acids is 2. The Balaban J connectivity index is 2.21. The molecule has 1 unspecified atom stereocenters. The van der Waals surface area contributed by atoms with Crippen molar-refractivity contribution in [1.82, 2.24) is 10.2 Å². The molecule has 0 heterocycles. The summed E-state index contributed by atoms with van der Waals surface area (Å²) in [5.74, 6) is -0.0994. The highest BCUT2D eigenvalue weighted by Gasteiger charge is 2.29.